The molecule has 116 valence electrons. The van der Waals surface area contributed by atoms with Gasteiger partial charge >= 0.3 is 0 Å². The second-order valence-electron chi connectivity index (χ2n) is 5.56. The van der Waals surface area contributed by atoms with Crippen LogP contribution in [0.25, 0.3) is 0 Å². The van der Waals surface area contributed by atoms with Gasteiger partial charge in [-0.25, -0.2) is 4.98 Å². The van der Waals surface area contributed by atoms with Crippen LogP contribution in [0.1, 0.15) is 36.4 Å². The lowest BCUT2D eigenvalue weighted by molar-refractivity contribution is -0.126. The average Bonchev–Trinajstić information content (AvgIpc) is 3.00. The Morgan fingerprint density at radius 2 is 2.24 bits per heavy atom. The van der Waals surface area contributed by atoms with Crippen LogP contribution in [0.2, 0.25) is 0 Å². The number of nitrogens with one attached hydrogen (secondary N) is 1. The molecular weight excluding hydrogens is 290 g/mol. The number of likely N-dealkylation sites (tertiary alicyclic amines) is 1. The van der Waals surface area contributed by atoms with Crippen molar-refractivity contribution in [3.05, 3.63) is 4.88 Å². The zero-order valence-corrected chi connectivity index (χ0v) is 13.1. The van der Waals surface area contributed by atoms with Crippen molar-refractivity contribution < 1.29 is 9.59 Å². The van der Waals surface area contributed by atoms with Crippen molar-refractivity contribution in [2.45, 2.75) is 26.7 Å². The van der Waals surface area contributed by atoms with Crippen molar-refractivity contribution in [3.8, 4) is 0 Å². The molecule has 8 heteroatoms. The van der Waals surface area contributed by atoms with Gasteiger partial charge in [0.05, 0.1) is 5.41 Å². The fourth-order valence-electron chi connectivity index (χ4n) is 2.27. The van der Waals surface area contributed by atoms with E-state index in [4.69, 9.17) is 11.5 Å². The number of nitrogens with two attached hydrogens (primary N) is 2. The highest BCUT2D eigenvalue weighted by molar-refractivity contribution is 7.18. The van der Waals surface area contributed by atoms with Gasteiger partial charge in [-0.3, -0.25) is 9.59 Å². The fraction of sp³-hybridized carbons (Fsp3) is 0.615. The Morgan fingerprint density at radius 3 is 2.81 bits per heavy atom. The van der Waals surface area contributed by atoms with E-state index in [1.54, 1.807) is 11.8 Å². The molecule has 1 aliphatic heterocycles. The van der Waals surface area contributed by atoms with Crippen LogP contribution in [0.3, 0.4) is 0 Å². The van der Waals surface area contributed by atoms with Crippen LogP contribution < -0.4 is 16.8 Å². The Balaban J connectivity index is 2.11. The molecule has 1 unspecified atom stereocenters. The van der Waals surface area contributed by atoms with E-state index < -0.39 is 5.41 Å². The number of rotatable bonds is 5. The Hall–Kier alpha value is -1.83. The summed E-state index contributed by atoms with van der Waals surface area (Å²) in [5.41, 5.74) is 10.6. The van der Waals surface area contributed by atoms with E-state index in [1.165, 1.54) is 11.3 Å². The van der Waals surface area contributed by atoms with Crippen molar-refractivity contribution in [2.75, 3.05) is 30.7 Å². The van der Waals surface area contributed by atoms with Crippen molar-refractivity contribution in [1.29, 1.82) is 0 Å². The van der Waals surface area contributed by atoms with Crippen LogP contribution in [0.4, 0.5) is 10.9 Å². The zero-order chi connectivity index (χ0) is 15.6. The quantitative estimate of drug-likeness (QED) is 0.747. The normalized spacial score (nSPS) is 21.5. The van der Waals surface area contributed by atoms with Crippen molar-refractivity contribution in [2.24, 2.45) is 11.1 Å². The first kappa shape index (κ1) is 15.6. The van der Waals surface area contributed by atoms with Crippen LogP contribution in [0.15, 0.2) is 0 Å². The van der Waals surface area contributed by atoms with Crippen LogP contribution in [0, 0.1) is 5.41 Å². The summed E-state index contributed by atoms with van der Waals surface area (Å²) >= 11 is 1.25. The molecule has 1 aliphatic rings. The molecule has 0 spiro atoms. The lowest BCUT2D eigenvalue weighted by Crippen LogP contribution is -2.38. The summed E-state index contributed by atoms with van der Waals surface area (Å²) in [4.78, 5) is 30.2. The highest BCUT2D eigenvalue weighted by Gasteiger charge is 2.41. The van der Waals surface area contributed by atoms with Gasteiger partial charge in [0, 0.05) is 19.6 Å². The average molecular weight is 311 g/mol. The predicted octanol–water partition coefficient (Wildman–Crippen LogP) is 0.885. The molecule has 0 aliphatic carbocycles. The smallest absolute Gasteiger partial charge is 0.267 e. The molecule has 1 atom stereocenters. The van der Waals surface area contributed by atoms with Gasteiger partial charge in [-0.2, -0.15) is 0 Å². The maximum atomic E-state index is 12.5. The molecule has 0 radical (unpaired) electrons. The number of carbonyl (C=O) groups is 2. The van der Waals surface area contributed by atoms with Gasteiger partial charge in [0.2, 0.25) is 5.91 Å². The predicted molar refractivity (Wildman–Crippen MR) is 83.1 cm³/mol. The van der Waals surface area contributed by atoms with E-state index >= 15 is 0 Å². The SMILES string of the molecule is CCCNc1nc(N)c(C(=O)N2CCC(C)(C(N)=O)C2)s1. The summed E-state index contributed by atoms with van der Waals surface area (Å²) in [6, 6.07) is 0. The number of thiazole rings is 1. The van der Waals surface area contributed by atoms with E-state index in [1.807, 2.05) is 6.92 Å². The molecule has 1 saturated heterocycles. The Labute approximate surface area is 127 Å². The van der Waals surface area contributed by atoms with Crippen molar-refractivity contribution in [3.63, 3.8) is 0 Å². The molecule has 7 nitrogen and oxygen atoms in total. The van der Waals surface area contributed by atoms with Gasteiger partial charge in [0.1, 0.15) is 10.7 Å². The third-order valence-corrected chi connectivity index (χ3v) is 4.75. The molecule has 0 saturated carbocycles. The number of nitrogen functional groups attached to an aromatic ring is 1. The summed E-state index contributed by atoms with van der Waals surface area (Å²) < 4.78 is 0. The van der Waals surface area contributed by atoms with Crippen LogP contribution in [-0.4, -0.2) is 41.3 Å². The molecule has 2 heterocycles. The molecule has 1 aromatic rings. The maximum absolute atomic E-state index is 12.5. The van der Waals surface area contributed by atoms with Gasteiger partial charge in [-0.1, -0.05) is 18.3 Å². The molecule has 1 fully saturated rings. The lowest BCUT2D eigenvalue weighted by Gasteiger charge is -2.20. The summed E-state index contributed by atoms with van der Waals surface area (Å²) in [5, 5.41) is 3.77. The molecule has 2 amide bonds. The number of aromatic nitrogens is 1. The first-order valence-corrected chi connectivity index (χ1v) is 7.78. The first-order valence-electron chi connectivity index (χ1n) is 6.96. The van der Waals surface area contributed by atoms with Gasteiger partial charge in [-0.15, -0.1) is 0 Å². The Bertz CT molecular complexity index is 559. The van der Waals surface area contributed by atoms with Crippen LogP contribution >= 0.6 is 11.3 Å². The van der Waals surface area contributed by atoms with Crippen molar-refractivity contribution in [1.82, 2.24) is 9.88 Å². The van der Waals surface area contributed by atoms with E-state index in [2.05, 4.69) is 10.3 Å². The van der Waals surface area contributed by atoms with Gasteiger partial charge in [-0.05, 0) is 19.8 Å². The van der Waals surface area contributed by atoms with E-state index in [0.29, 0.717) is 29.5 Å². The minimum Gasteiger partial charge on any atom is -0.382 e. The second kappa shape index (κ2) is 5.88. The van der Waals surface area contributed by atoms with Gasteiger partial charge < -0.3 is 21.7 Å². The molecule has 5 N–H and O–H groups in total. The number of amides is 2. The number of hydrogen-bond donors (Lipinski definition) is 3. The number of primary amides is 1. The highest BCUT2D eigenvalue weighted by atomic mass is 32.1. The molecule has 0 bridgehead atoms. The standard InChI is InChI=1S/C13H21N5O2S/c1-3-5-16-12-17-9(14)8(21-12)10(19)18-6-4-13(2,7-18)11(15)20/h3-7,14H2,1-2H3,(H2,15,20)(H,16,17). The van der Waals surface area contributed by atoms with Crippen LogP contribution in [0.5, 0.6) is 0 Å². The molecule has 1 aromatic heterocycles. The minimum atomic E-state index is -0.654. The van der Waals surface area contributed by atoms with E-state index in [0.717, 1.165) is 13.0 Å². The molecular formula is C13H21N5O2S. The minimum absolute atomic E-state index is 0.181. The third kappa shape index (κ3) is 3.10. The van der Waals surface area contributed by atoms with E-state index in [9.17, 15) is 9.59 Å². The maximum Gasteiger partial charge on any atom is 0.267 e. The van der Waals surface area contributed by atoms with E-state index in [-0.39, 0.29) is 17.6 Å². The third-order valence-electron chi connectivity index (χ3n) is 3.73. The monoisotopic (exact) mass is 311 g/mol. The number of nitrogens with zero attached hydrogens (tertiary/aromatic N) is 2. The topological polar surface area (TPSA) is 114 Å². The van der Waals surface area contributed by atoms with Crippen molar-refractivity contribution >= 4 is 34.1 Å². The summed E-state index contributed by atoms with van der Waals surface area (Å²) in [6.45, 7) is 5.45. The summed E-state index contributed by atoms with van der Waals surface area (Å²) in [5.74, 6) is -0.323. The molecule has 0 aromatic carbocycles. The van der Waals surface area contributed by atoms with Gasteiger partial charge in [0.25, 0.3) is 5.91 Å². The highest BCUT2D eigenvalue weighted by Crippen LogP contribution is 2.33. The van der Waals surface area contributed by atoms with Gasteiger partial charge in [0.15, 0.2) is 5.13 Å². The zero-order valence-electron chi connectivity index (χ0n) is 12.3. The largest absolute Gasteiger partial charge is 0.382 e. The Morgan fingerprint density at radius 1 is 1.52 bits per heavy atom. The Kier molecular flexibility index (Phi) is 4.36. The number of anilines is 2. The molecule has 21 heavy (non-hydrogen) atoms. The number of carbonyl (C=O) groups excluding carboxylic acids is 2. The number of hydrogen-bond acceptors (Lipinski definition) is 6. The summed E-state index contributed by atoms with van der Waals surface area (Å²) in [6.07, 6.45) is 1.54. The molecule has 2 rings (SSSR count). The summed E-state index contributed by atoms with van der Waals surface area (Å²) in [7, 11) is 0. The lowest BCUT2D eigenvalue weighted by atomic mass is 9.89. The second-order valence-corrected chi connectivity index (χ2v) is 6.56. The first-order chi connectivity index (χ1) is 9.87. The van der Waals surface area contributed by atoms with Crippen LogP contribution in [-0.2, 0) is 4.79 Å². The fourth-order valence-corrected chi connectivity index (χ4v) is 3.15.